The number of benzene rings is 2. The second-order valence-corrected chi connectivity index (χ2v) is 15.6. The van der Waals surface area contributed by atoms with Crippen molar-refractivity contribution in [1.82, 2.24) is 14.6 Å². The fraction of sp³-hybridized carbons (Fsp3) is 0.545. The minimum Gasteiger partial charge on any atom is -0.466 e. The van der Waals surface area contributed by atoms with Crippen molar-refractivity contribution in [3.63, 3.8) is 0 Å². The van der Waals surface area contributed by atoms with Crippen molar-refractivity contribution in [3.05, 3.63) is 52.5 Å². The van der Waals surface area contributed by atoms with Crippen molar-refractivity contribution in [2.24, 2.45) is 11.3 Å². The summed E-state index contributed by atoms with van der Waals surface area (Å²) in [5.41, 5.74) is 2.80. The van der Waals surface area contributed by atoms with E-state index in [2.05, 4.69) is 23.9 Å². The van der Waals surface area contributed by atoms with Gasteiger partial charge in [0.1, 0.15) is 10.9 Å². The molecule has 0 spiro atoms. The third kappa shape index (κ3) is 8.20. The normalized spacial score (nSPS) is 17.5. The number of likely N-dealkylation sites (tertiary alicyclic amines) is 1. The fourth-order valence-corrected chi connectivity index (χ4v) is 8.72. The van der Waals surface area contributed by atoms with Gasteiger partial charge in [-0.05, 0) is 79.7 Å². The molecule has 3 heterocycles. The summed E-state index contributed by atoms with van der Waals surface area (Å²) >= 11 is 1.44. The Bertz CT molecular complexity index is 1600. The summed E-state index contributed by atoms with van der Waals surface area (Å²) in [4.78, 5) is 32.6. The summed E-state index contributed by atoms with van der Waals surface area (Å²) < 4.78 is 50.4. The summed E-state index contributed by atoms with van der Waals surface area (Å²) in [6.45, 7) is 7.38. The second-order valence-electron chi connectivity index (χ2n) is 12.8. The van der Waals surface area contributed by atoms with E-state index in [1.807, 2.05) is 30.3 Å². The topological polar surface area (TPSA) is 118 Å². The maximum absolute atomic E-state index is 14.3. The molecule has 0 aliphatic carbocycles. The molecule has 2 aliphatic rings. The van der Waals surface area contributed by atoms with Gasteiger partial charge in [-0.1, -0.05) is 32.0 Å². The molecule has 5 rings (SSSR count). The van der Waals surface area contributed by atoms with Crippen molar-refractivity contribution in [1.29, 1.82) is 0 Å². The quantitative estimate of drug-likeness (QED) is 0.255. The van der Waals surface area contributed by atoms with Gasteiger partial charge in [-0.15, -0.1) is 11.3 Å². The Labute approximate surface area is 269 Å². The predicted octanol–water partition coefficient (Wildman–Crippen LogP) is 5.27. The number of sulfonamides is 1. The smallest absolute Gasteiger partial charge is 0.306 e. The number of para-hydroxylation sites is 1. The van der Waals surface area contributed by atoms with Crippen LogP contribution in [0.25, 0.3) is 10.2 Å². The van der Waals surface area contributed by atoms with Crippen molar-refractivity contribution in [3.8, 4) is 0 Å². The predicted molar refractivity (Wildman–Crippen MR) is 175 cm³/mol. The number of amides is 1. The molecule has 244 valence electrons. The lowest BCUT2D eigenvalue weighted by molar-refractivity contribution is -0.143. The molecule has 45 heavy (non-hydrogen) atoms. The van der Waals surface area contributed by atoms with Crippen molar-refractivity contribution < 1.29 is 27.1 Å². The molecule has 12 heteroatoms. The summed E-state index contributed by atoms with van der Waals surface area (Å²) in [5, 5.41) is 4.00. The van der Waals surface area contributed by atoms with Gasteiger partial charge in [-0.25, -0.2) is 13.4 Å². The number of nitrogens with zero attached hydrogens (tertiary/aromatic N) is 2. The molecule has 1 amide bonds. The summed E-state index contributed by atoms with van der Waals surface area (Å²) in [6, 6.07) is 10.2. The Balaban J connectivity index is 1.46. The van der Waals surface area contributed by atoms with Crippen molar-refractivity contribution in [2.45, 2.75) is 76.7 Å². The lowest BCUT2D eigenvalue weighted by Gasteiger charge is -2.35. The number of alkyl halides is 1. The van der Waals surface area contributed by atoms with E-state index in [0.29, 0.717) is 68.0 Å². The van der Waals surface area contributed by atoms with Crippen LogP contribution in [0.1, 0.15) is 62.6 Å². The number of esters is 1. The van der Waals surface area contributed by atoms with Gasteiger partial charge in [0.05, 0.1) is 34.2 Å². The van der Waals surface area contributed by atoms with Gasteiger partial charge in [-0.2, -0.15) is 4.72 Å². The minimum absolute atomic E-state index is 0.0677. The Morgan fingerprint density at radius 2 is 1.98 bits per heavy atom. The van der Waals surface area contributed by atoms with Gasteiger partial charge < -0.3 is 15.0 Å². The number of thiazole rings is 1. The lowest BCUT2D eigenvalue weighted by Crippen LogP contribution is -2.51. The maximum Gasteiger partial charge on any atom is 0.306 e. The van der Waals surface area contributed by atoms with Gasteiger partial charge in [0.15, 0.2) is 0 Å². The van der Waals surface area contributed by atoms with Crippen molar-refractivity contribution in [2.75, 3.05) is 38.2 Å². The first-order valence-electron chi connectivity index (χ1n) is 15.7. The number of hydrogen-bond acceptors (Lipinski definition) is 8. The third-order valence-corrected chi connectivity index (χ3v) is 11.2. The molecular weight excluding hydrogens is 616 g/mol. The summed E-state index contributed by atoms with van der Waals surface area (Å²) in [7, 11) is -4.21. The van der Waals surface area contributed by atoms with E-state index in [1.54, 1.807) is 17.9 Å². The van der Waals surface area contributed by atoms with Crippen LogP contribution in [0.2, 0.25) is 0 Å². The molecule has 3 aromatic rings. The van der Waals surface area contributed by atoms with Crippen LogP contribution in [0.3, 0.4) is 0 Å². The molecule has 1 unspecified atom stereocenters. The molecule has 1 saturated heterocycles. The number of carbonyl (C=O) groups is 2. The number of rotatable bonds is 12. The van der Waals surface area contributed by atoms with E-state index in [4.69, 9.17) is 9.72 Å². The molecule has 1 fully saturated rings. The average molecular weight is 659 g/mol. The monoisotopic (exact) mass is 658 g/mol. The molecule has 2 aliphatic heterocycles. The highest BCUT2D eigenvalue weighted by Gasteiger charge is 2.36. The van der Waals surface area contributed by atoms with Gasteiger partial charge in [0.25, 0.3) is 0 Å². The van der Waals surface area contributed by atoms with E-state index in [9.17, 15) is 22.4 Å². The van der Waals surface area contributed by atoms with E-state index < -0.39 is 16.1 Å². The highest BCUT2D eigenvalue weighted by atomic mass is 32.2. The number of halogens is 1. The first kappa shape index (κ1) is 33.3. The Morgan fingerprint density at radius 3 is 2.69 bits per heavy atom. The fourth-order valence-electron chi connectivity index (χ4n) is 6.25. The van der Waals surface area contributed by atoms with E-state index in [-0.39, 0.29) is 54.2 Å². The zero-order valence-corrected chi connectivity index (χ0v) is 27.9. The number of aromatic nitrogens is 1. The number of hydrogen-bond donors (Lipinski definition) is 2. The highest BCUT2D eigenvalue weighted by Crippen LogP contribution is 2.38. The van der Waals surface area contributed by atoms with Crippen LogP contribution in [0, 0.1) is 11.3 Å². The van der Waals surface area contributed by atoms with Crippen LogP contribution in [0.5, 0.6) is 0 Å². The zero-order valence-electron chi connectivity index (χ0n) is 26.2. The minimum atomic E-state index is -4.21. The third-order valence-electron chi connectivity index (χ3n) is 8.62. The largest absolute Gasteiger partial charge is 0.466 e. The Morgan fingerprint density at radius 1 is 1.22 bits per heavy atom. The summed E-state index contributed by atoms with van der Waals surface area (Å²) in [5.74, 6) is -0.427. The molecule has 9 nitrogen and oxygen atoms in total. The first-order chi connectivity index (χ1) is 21.5. The molecule has 1 atom stereocenters. The number of anilines is 1. The molecule has 0 radical (unpaired) electrons. The maximum atomic E-state index is 14.3. The number of ether oxygens (including phenoxy) is 1. The van der Waals surface area contributed by atoms with Gasteiger partial charge in [0, 0.05) is 32.5 Å². The molecular formula is C33H43FN4O5S2. The van der Waals surface area contributed by atoms with Gasteiger partial charge >= 0.3 is 5.97 Å². The number of nitrogens with one attached hydrogen (secondary N) is 2. The van der Waals surface area contributed by atoms with Crippen LogP contribution in [0.15, 0.2) is 41.3 Å². The molecule has 2 aromatic carbocycles. The van der Waals surface area contributed by atoms with Crippen LogP contribution < -0.4 is 10.0 Å². The van der Waals surface area contributed by atoms with Crippen molar-refractivity contribution >= 4 is 49.1 Å². The molecule has 2 N–H and O–H groups in total. The average Bonchev–Trinajstić information content (AvgIpc) is 3.41. The number of fused-ring (bicyclic) bond motifs is 2. The van der Waals surface area contributed by atoms with Gasteiger partial charge in [-0.3, -0.25) is 14.0 Å². The Hall–Kier alpha value is -3.09. The number of aryl methyl sites for hydroxylation is 1. The Kier molecular flexibility index (Phi) is 10.4. The highest BCUT2D eigenvalue weighted by molar-refractivity contribution is 7.89. The first-order valence-corrected chi connectivity index (χ1v) is 18.0. The van der Waals surface area contributed by atoms with Crippen LogP contribution in [-0.2, 0) is 43.6 Å². The van der Waals surface area contributed by atoms with Gasteiger partial charge in [0.2, 0.25) is 15.9 Å². The van der Waals surface area contributed by atoms with Crippen LogP contribution in [0.4, 0.5) is 10.1 Å². The SMILES string of the molecule is CCOC(=O)CCc1cc2c(c(S(=O)(=O)NC(Cc3nc4ccccc4s3)C(=O)N3CCC(CCF)CC3)c1)NCC(C)(C)C2. The second kappa shape index (κ2) is 14.1. The number of carbonyl (C=O) groups excluding carboxylic acids is 2. The summed E-state index contributed by atoms with van der Waals surface area (Å²) in [6.07, 6.45) is 3.08. The van der Waals surface area contributed by atoms with E-state index in [0.717, 1.165) is 15.8 Å². The van der Waals surface area contributed by atoms with Crippen LogP contribution >= 0.6 is 11.3 Å². The zero-order chi connectivity index (χ0) is 32.2. The molecule has 0 saturated carbocycles. The van der Waals surface area contributed by atoms with E-state index >= 15 is 0 Å². The molecule has 1 aromatic heterocycles. The standard InChI is InChI=1S/C33H43FN4O5S2/c1-4-43-30(39)10-9-23-17-24-20-33(2,3)21-35-31(24)28(18-23)45(41,42)37-26(19-29-36-25-7-5-6-8-27(25)44-29)32(40)38-15-12-22(11-14-34)13-16-38/h5-8,17-18,22,26,35,37H,4,9-16,19-21H2,1-3H3. The van der Waals surface area contributed by atoms with Crippen LogP contribution in [-0.4, -0.2) is 69.1 Å². The lowest BCUT2D eigenvalue weighted by atomic mass is 9.81. The number of piperidine rings is 1. The molecule has 0 bridgehead atoms. The van der Waals surface area contributed by atoms with E-state index in [1.165, 1.54) is 11.3 Å².